The second-order valence-electron chi connectivity index (χ2n) is 8.00. The first-order chi connectivity index (χ1) is 17.9. The molecule has 4 rings (SSSR count). The second kappa shape index (κ2) is 11.6. The van der Waals surface area contributed by atoms with Gasteiger partial charge in [-0.05, 0) is 79.7 Å². The van der Waals surface area contributed by atoms with Crippen LogP contribution < -0.4 is 18.9 Å². The van der Waals surface area contributed by atoms with Crippen LogP contribution in [0.1, 0.15) is 27.6 Å². The normalized spacial score (nSPS) is 11.3. The molecule has 4 aromatic rings. The van der Waals surface area contributed by atoms with Crippen LogP contribution in [0.4, 0.5) is 0 Å². The number of hydrogen-bond acceptors (Lipinski definition) is 8. The number of phenols is 2. The lowest BCUT2D eigenvalue weighted by Gasteiger charge is -2.16. The van der Waals surface area contributed by atoms with Crippen molar-refractivity contribution >= 4 is 11.9 Å². The number of esters is 2. The first-order valence-electron chi connectivity index (χ1n) is 11.4. The summed E-state index contributed by atoms with van der Waals surface area (Å²) in [6.45, 7) is 2.09. The molecule has 0 aromatic heterocycles. The number of benzene rings is 4. The standard InChI is InChI=1S/C29H24O8/c1-19(35-21-14-16-23(17-15-21)37-29(33)25-7-3-5-9-27(25)31)18-34-20-10-12-22(13-11-20)36-28(32)24-6-2-4-8-26(24)30/h2-17,19,30-31H,18H2,1H3. The number of hydrogen-bond donors (Lipinski definition) is 2. The minimum absolute atomic E-state index is 0.0790. The van der Waals surface area contributed by atoms with Crippen LogP contribution in [0, 0.1) is 0 Å². The Kier molecular flexibility index (Phi) is 7.90. The molecule has 8 nitrogen and oxygen atoms in total. The maximum Gasteiger partial charge on any atom is 0.347 e. The van der Waals surface area contributed by atoms with Crippen LogP contribution in [0.5, 0.6) is 34.5 Å². The molecule has 0 radical (unpaired) electrons. The number of rotatable bonds is 9. The summed E-state index contributed by atoms with van der Waals surface area (Å²) in [6, 6.07) is 25.3. The van der Waals surface area contributed by atoms with Crippen molar-refractivity contribution in [2.45, 2.75) is 13.0 Å². The summed E-state index contributed by atoms with van der Waals surface area (Å²) in [5.74, 6) is 0.129. The topological polar surface area (TPSA) is 112 Å². The van der Waals surface area contributed by atoms with Crippen LogP contribution in [0.2, 0.25) is 0 Å². The monoisotopic (exact) mass is 500 g/mol. The van der Waals surface area contributed by atoms with Crippen molar-refractivity contribution in [3.63, 3.8) is 0 Å². The van der Waals surface area contributed by atoms with Gasteiger partial charge in [-0.25, -0.2) is 9.59 Å². The molecule has 0 amide bonds. The van der Waals surface area contributed by atoms with Gasteiger partial charge in [-0.3, -0.25) is 0 Å². The zero-order chi connectivity index (χ0) is 26.2. The highest BCUT2D eigenvalue weighted by Gasteiger charge is 2.14. The lowest BCUT2D eigenvalue weighted by atomic mass is 10.2. The van der Waals surface area contributed by atoms with Crippen molar-refractivity contribution in [3.8, 4) is 34.5 Å². The van der Waals surface area contributed by atoms with Gasteiger partial charge in [0.15, 0.2) is 0 Å². The van der Waals surface area contributed by atoms with E-state index in [-0.39, 0.29) is 35.3 Å². The van der Waals surface area contributed by atoms with Crippen molar-refractivity contribution in [3.05, 3.63) is 108 Å². The van der Waals surface area contributed by atoms with Crippen LogP contribution in [0.25, 0.3) is 0 Å². The Bertz CT molecular complexity index is 1360. The van der Waals surface area contributed by atoms with Gasteiger partial charge in [0.25, 0.3) is 0 Å². The molecule has 4 aromatic carbocycles. The Morgan fingerprint density at radius 3 is 1.49 bits per heavy atom. The van der Waals surface area contributed by atoms with E-state index in [1.165, 1.54) is 24.3 Å². The molecule has 1 unspecified atom stereocenters. The van der Waals surface area contributed by atoms with Crippen LogP contribution >= 0.6 is 0 Å². The van der Waals surface area contributed by atoms with Crippen molar-refractivity contribution in [1.29, 1.82) is 0 Å². The largest absolute Gasteiger partial charge is 0.507 e. The Morgan fingerprint density at radius 1 is 0.622 bits per heavy atom. The Labute approximate surface area is 213 Å². The molecule has 0 fully saturated rings. The molecule has 0 bridgehead atoms. The molecule has 0 aliphatic carbocycles. The molecule has 2 N–H and O–H groups in total. The molecule has 0 saturated carbocycles. The fraction of sp³-hybridized carbons (Fsp3) is 0.103. The molecule has 0 saturated heterocycles. The zero-order valence-corrected chi connectivity index (χ0v) is 19.9. The molecule has 8 heteroatoms. The third-order valence-corrected chi connectivity index (χ3v) is 5.14. The highest BCUT2D eigenvalue weighted by atomic mass is 16.5. The molecule has 0 spiro atoms. The highest BCUT2D eigenvalue weighted by molar-refractivity contribution is 5.94. The molecule has 188 valence electrons. The zero-order valence-electron chi connectivity index (χ0n) is 19.9. The minimum Gasteiger partial charge on any atom is -0.507 e. The van der Waals surface area contributed by atoms with Crippen LogP contribution in [-0.4, -0.2) is 34.9 Å². The van der Waals surface area contributed by atoms with Crippen molar-refractivity contribution in [1.82, 2.24) is 0 Å². The third kappa shape index (κ3) is 6.79. The summed E-state index contributed by atoms with van der Waals surface area (Å²) in [6.07, 6.45) is -0.298. The predicted octanol–water partition coefficient (Wildman–Crippen LogP) is 5.38. The maximum absolute atomic E-state index is 12.2. The lowest BCUT2D eigenvalue weighted by molar-refractivity contribution is 0.0721. The van der Waals surface area contributed by atoms with Crippen molar-refractivity contribution in [2.75, 3.05) is 6.61 Å². The van der Waals surface area contributed by atoms with E-state index in [1.807, 2.05) is 6.92 Å². The number of carbonyl (C=O) groups excluding carboxylic acids is 2. The summed E-state index contributed by atoms with van der Waals surface area (Å²) in [5, 5.41) is 19.5. The average molecular weight is 501 g/mol. The predicted molar refractivity (Wildman–Crippen MR) is 135 cm³/mol. The van der Waals surface area contributed by atoms with E-state index < -0.39 is 11.9 Å². The maximum atomic E-state index is 12.2. The van der Waals surface area contributed by atoms with Crippen LogP contribution in [-0.2, 0) is 0 Å². The van der Waals surface area contributed by atoms with Gasteiger partial charge in [0, 0.05) is 0 Å². The van der Waals surface area contributed by atoms with Crippen molar-refractivity contribution < 1.29 is 38.7 Å². The number of carbonyl (C=O) groups is 2. The number of aromatic hydroxyl groups is 2. The summed E-state index contributed by atoms with van der Waals surface area (Å²) >= 11 is 0. The fourth-order valence-corrected chi connectivity index (χ4v) is 3.29. The minimum atomic E-state index is -0.660. The SMILES string of the molecule is CC(COc1ccc(OC(=O)c2ccccc2O)cc1)Oc1ccc(OC(=O)c2ccccc2O)cc1. The van der Waals surface area contributed by atoms with Gasteiger partial charge in [-0.1, -0.05) is 24.3 Å². The quantitative estimate of drug-likeness (QED) is 0.233. The van der Waals surface area contributed by atoms with E-state index >= 15 is 0 Å². The van der Waals surface area contributed by atoms with E-state index in [0.717, 1.165) is 0 Å². The molecule has 0 heterocycles. The molecule has 0 aliphatic rings. The Balaban J connectivity index is 1.24. The number of phenolic OH excluding ortho intramolecular Hbond substituents is 2. The van der Waals surface area contributed by atoms with E-state index in [1.54, 1.807) is 72.8 Å². The van der Waals surface area contributed by atoms with Crippen LogP contribution in [0.3, 0.4) is 0 Å². The van der Waals surface area contributed by atoms with Gasteiger partial charge in [0.2, 0.25) is 0 Å². The van der Waals surface area contributed by atoms with Gasteiger partial charge in [0.05, 0.1) is 0 Å². The van der Waals surface area contributed by atoms with E-state index in [9.17, 15) is 19.8 Å². The Morgan fingerprint density at radius 2 is 1.03 bits per heavy atom. The Hall–Kier alpha value is -4.98. The van der Waals surface area contributed by atoms with Gasteiger partial charge in [-0.2, -0.15) is 0 Å². The summed E-state index contributed by atoms with van der Waals surface area (Å²) < 4.78 is 22.2. The van der Waals surface area contributed by atoms with Crippen molar-refractivity contribution in [2.24, 2.45) is 0 Å². The number of ether oxygens (including phenoxy) is 4. The molecule has 0 aliphatic heterocycles. The second-order valence-corrected chi connectivity index (χ2v) is 8.00. The van der Waals surface area contributed by atoms with E-state index in [0.29, 0.717) is 23.0 Å². The first-order valence-corrected chi connectivity index (χ1v) is 11.4. The molecule has 37 heavy (non-hydrogen) atoms. The summed E-state index contributed by atoms with van der Waals surface area (Å²) in [4.78, 5) is 24.4. The molecular formula is C29H24O8. The van der Waals surface area contributed by atoms with Gasteiger partial charge in [-0.15, -0.1) is 0 Å². The first kappa shape index (κ1) is 25.1. The van der Waals surface area contributed by atoms with Gasteiger partial charge >= 0.3 is 11.9 Å². The fourth-order valence-electron chi connectivity index (χ4n) is 3.29. The number of para-hydroxylation sites is 2. The van der Waals surface area contributed by atoms with E-state index in [2.05, 4.69) is 0 Å². The lowest BCUT2D eigenvalue weighted by Crippen LogP contribution is -2.21. The molecule has 1 atom stereocenters. The highest BCUT2D eigenvalue weighted by Crippen LogP contribution is 2.24. The smallest absolute Gasteiger partial charge is 0.347 e. The average Bonchev–Trinajstić information content (AvgIpc) is 2.90. The van der Waals surface area contributed by atoms with Gasteiger partial charge < -0.3 is 29.2 Å². The molecular weight excluding hydrogens is 476 g/mol. The summed E-state index contributed by atoms with van der Waals surface area (Å²) in [7, 11) is 0. The van der Waals surface area contributed by atoms with Crippen LogP contribution in [0.15, 0.2) is 97.1 Å². The van der Waals surface area contributed by atoms with E-state index in [4.69, 9.17) is 18.9 Å². The third-order valence-electron chi connectivity index (χ3n) is 5.14. The summed E-state index contributed by atoms with van der Waals surface area (Å²) in [5.41, 5.74) is 0.158. The van der Waals surface area contributed by atoms with Gasteiger partial charge in [0.1, 0.15) is 58.3 Å².